The molecule has 1 aromatic carbocycles. The number of piperidine rings is 1. The van der Waals surface area contributed by atoms with Crippen molar-refractivity contribution in [1.82, 2.24) is 19.2 Å². The fourth-order valence-electron chi connectivity index (χ4n) is 5.04. The fraction of sp³-hybridized carbons (Fsp3) is 0.348. The second kappa shape index (κ2) is 6.73. The predicted octanol–water partition coefficient (Wildman–Crippen LogP) is 2.65. The van der Waals surface area contributed by atoms with Gasteiger partial charge in [0.05, 0.1) is 28.8 Å². The molecule has 6 rings (SSSR count). The molecule has 1 unspecified atom stereocenters. The Labute approximate surface area is 180 Å². The molecule has 31 heavy (non-hydrogen) atoms. The summed E-state index contributed by atoms with van der Waals surface area (Å²) in [5.74, 6) is 0.0177. The molecule has 8 nitrogen and oxygen atoms in total. The SMILES string of the molecule is Cn1cc(C2=NOC(C(=O)N3CCC4(CC3)Nc3ccccc3-n3cccc34)C2)cn1. The second-order valence-corrected chi connectivity index (χ2v) is 8.55. The third kappa shape index (κ3) is 2.85. The van der Waals surface area contributed by atoms with Gasteiger partial charge in [0, 0.05) is 50.2 Å². The predicted molar refractivity (Wildman–Crippen MR) is 116 cm³/mol. The van der Waals surface area contributed by atoms with E-state index in [0.29, 0.717) is 19.5 Å². The number of amides is 1. The van der Waals surface area contributed by atoms with Gasteiger partial charge in [0.2, 0.25) is 6.10 Å². The number of hydrogen-bond acceptors (Lipinski definition) is 5. The van der Waals surface area contributed by atoms with Gasteiger partial charge in [0.1, 0.15) is 0 Å². The zero-order valence-electron chi connectivity index (χ0n) is 17.4. The van der Waals surface area contributed by atoms with Gasteiger partial charge in [-0.15, -0.1) is 0 Å². The number of nitrogens with zero attached hydrogens (tertiary/aromatic N) is 5. The number of anilines is 1. The van der Waals surface area contributed by atoms with Crippen LogP contribution in [0, 0.1) is 0 Å². The minimum Gasteiger partial charge on any atom is -0.382 e. The standard InChI is InChI=1S/C23H24N6O2/c1-27-15-16(14-24-27)18-13-20(31-26-18)22(30)28-11-8-23(9-12-28)21-7-4-10-29(21)19-6-3-2-5-17(19)25-23/h2-7,10,14-15,20,25H,8-9,11-13H2,1H3. The van der Waals surface area contributed by atoms with Crippen LogP contribution >= 0.6 is 0 Å². The minimum atomic E-state index is -0.548. The summed E-state index contributed by atoms with van der Waals surface area (Å²) in [5, 5.41) is 12.1. The van der Waals surface area contributed by atoms with E-state index in [1.807, 2.05) is 18.1 Å². The molecular weight excluding hydrogens is 392 g/mol. The van der Waals surface area contributed by atoms with Crippen LogP contribution in [0.3, 0.4) is 0 Å². The number of carbonyl (C=O) groups excluding carboxylic acids is 1. The van der Waals surface area contributed by atoms with Crippen molar-refractivity contribution in [2.24, 2.45) is 12.2 Å². The van der Waals surface area contributed by atoms with Gasteiger partial charge in [-0.1, -0.05) is 17.3 Å². The molecule has 2 aromatic heterocycles. The van der Waals surface area contributed by atoms with E-state index in [0.717, 1.165) is 29.8 Å². The third-order valence-corrected chi connectivity index (χ3v) is 6.69. The molecule has 158 valence electrons. The Hall–Kier alpha value is -3.55. The molecule has 3 aromatic rings. The van der Waals surface area contributed by atoms with Crippen molar-refractivity contribution >= 4 is 17.3 Å². The number of carbonyl (C=O) groups is 1. The van der Waals surface area contributed by atoms with E-state index >= 15 is 0 Å². The lowest BCUT2D eigenvalue weighted by atomic mass is 9.82. The Balaban J connectivity index is 1.16. The first kappa shape index (κ1) is 18.2. The van der Waals surface area contributed by atoms with Crippen LogP contribution in [0.2, 0.25) is 0 Å². The smallest absolute Gasteiger partial charge is 0.266 e. The van der Waals surface area contributed by atoms with Gasteiger partial charge in [-0.05, 0) is 37.1 Å². The van der Waals surface area contributed by atoms with Crippen molar-refractivity contribution in [1.29, 1.82) is 0 Å². The molecule has 8 heteroatoms. The van der Waals surface area contributed by atoms with Gasteiger partial charge in [0.15, 0.2) is 0 Å². The second-order valence-electron chi connectivity index (χ2n) is 8.55. The highest BCUT2D eigenvalue weighted by Gasteiger charge is 2.43. The fourth-order valence-corrected chi connectivity index (χ4v) is 5.04. The minimum absolute atomic E-state index is 0.0177. The number of likely N-dealkylation sites (tertiary alicyclic amines) is 1. The monoisotopic (exact) mass is 416 g/mol. The summed E-state index contributed by atoms with van der Waals surface area (Å²) in [4.78, 5) is 20.6. The Morgan fingerprint density at radius 3 is 2.84 bits per heavy atom. The summed E-state index contributed by atoms with van der Waals surface area (Å²) in [6.45, 7) is 1.36. The Kier molecular flexibility index (Phi) is 3.96. The first-order valence-corrected chi connectivity index (χ1v) is 10.7. The van der Waals surface area contributed by atoms with Crippen molar-refractivity contribution in [3.8, 4) is 5.69 Å². The van der Waals surface area contributed by atoms with Crippen molar-refractivity contribution in [2.75, 3.05) is 18.4 Å². The highest BCUT2D eigenvalue weighted by Crippen LogP contribution is 2.43. The maximum atomic E-state index is 13.1. The molecule has 5 heterocycles. The van der Waals surface area contributed by atoms with Gasteiger partial charge >= 0.3 is 0 Å². The number of fused-ring (bicyclic) bond motifs is 4. The van der Waals surface area contributed by atoms with E-state index in [2.05, 4.69) is 62.7 Å². The van der Waals surface area contributed by atoms with Crippen LogP contribution in [0.1, 0.15) is 30.5 Å². The lowest BCUT2D eigenvalue weighted by molar-refractivity contribution is -0.143. The molecule has 1 N–H and O–H groups in total. The van der Waals surface area contributed by atoms with Gasteiger partial charge in [0.25, 0.3) is 5.91 Å². The van der Waals surface area contributed by atoms with Crippen molar-refractivity contribution in [2.45, 2.75) is 30.9 Å². The molecule has 0 saturated carbocycles. The summed E-state index contributed by atoms with van der Waals surface area (Å²) >= 11 is 0. The Bertz CT molecular complexity index is 1180. The Morgan fingerprint density at radius 1 is 1.19 bits per heavy atom. The maximum Gasteiger partial charge on any atom is 0.266 e. The number of nitrogens with one attached hydrogen (secondary N) is 1. The number of para-hydroxylation sites is 2. The van der Waals surface area contributed by atoms with Crippen LogP contribution in [-0.2, 0) is 22.2 Å². The van der Waals surface area contributed by atoms with E-state index in [1.165, 1.54) is 11.4 Å². The number of aryl methyl sites for hydroxylation is 1. The quantitative estimate of drug-likeness (QED) is 0.697. The number of hydrogen-bond donors (Lipinski definition) is 1. The molecule has 0 aliphatic carbocycles. The lowest BCUT2D eigenvalue weighted by Crippen LogP contribution is -2.52. The number of rotatable bonds is 2. The molecule has 1 spiro atoms. The average molecular weight is 416 g/mol. The van der Waals surface area contributed by atoms with Crippen LogP contribution < -0.4 is 5.32 Å². The zero-order chi connectivity index (χ0) is 21.0. The summed E-state index contributed by atoms with van der Waals surface area (Å²) in [6, 6.07) is 12.7. The van der Waals surface area contributed by atoms with E-state index < -0.39 is 6.10 Å². The molecular formula is C23H24N6O2. The summed E-state index contributed by atoms with van der Waals surface area (Å²) in [5.41, 5.74) is 5.09. The van der Waals surface area contributed by atoms with Crippen LogP contribution in [0.4, 0.5) is 5.69 Å². The molecule has 1 atom stereocenters. The van der Waals surface area contributed by atoms with Crippen molar-refractivity contribution in [3.05, 3.63) is 66.2 Å². The summed E-state index contributed by atoms with van der Waals surface area (Å²) in [6.07, 6.45) is 7.40. The van der Waals surface area contributed by atoms with Gasteiger partial charge in [-0.2, -0.15) is 5.10 Å². The van der Waals surface area contributed by atoms with Gasteiger partial charge in [-0.25, -0.2) is 0 Å². The largest absolute Gasteiger partial charge is 0.382 e. The van der Waals surface area contributed by atoms with Gasteiger partial charge < -0.3 is 19.6 Å². The van der Waals surface area contributed by atoms with E-state index in [4.69, 9.17) is 4.84 Å². The maximum absolute atomic E-state index is 13.1. The molecule has 1 amide bonds. The molecule has 1 fully saturated rings. The van der Waals surface area contributed by atoms with Crippen LogP contribution in [-0.4, -0.2) is 50.1 Å². The van der Waals surface area contributed by atoms with Crippen molar-refractivity contribution < 1.29 is 9.63 Å². The normalized spacial score (nSPS) is 21.1. The number of oxime groups is 1. The summed E-state index contributed by atoms with van der Waals surface area (Å²) in [7, 11) is 1.86. The van der Waals surface area contributed by atoms with Crippen molar-refractivity contribution in [3.63, 3.8) is 0 Å². The first-order chi connectivity index (χ1) is 15.1. The Morgan fingerprint density at radius 2 is 2.03 bits per heavy atom. The molecule has 3 aliphatic heterocycles. The first-order valence-electron chi connectivity index (χ1n) is 10.7. The van der Waals surface area contributed by atoms with E-state index in [9.17, 15) is 4.79 Å². The lowest BCUT2D eigenvalue weighted by Gasteiger charge is -2.46. The summed E-state index contributed by atoms with van der Waals surface area (Å²) < 4.78 is 4.00. The number of benzene rings is 1. The average Bonchev–Trinajstić information content (AvgIpc) is 3.55. The van der Waals surface area contributed by atoms with Crippen LogP contribution in [0.15, 0.2) is 60.1 Å². The zero-order valence-corrected chi connectivity index (χ0v) is 17.4. The highest BCUT2D eigenvalue weighted by atomic mass is 16.6. The highest BCUT2D eigenvalue weighted by molar-refractivity contribution is 6.03. The van der Waals surface area contributed by atoms with Crippen LogP contribution in [0.25, 0.3) is 5.69 Å². The van der Waals surface area contributed by atoms with Gasteiger partial charge in [-0.3, -0.25) is 9.48 Å². The topological polar surface area (TPSA) is 76.7 Å². The van der Waals surface area contributed by atoms with E-state index in [-0.39, 0.29) is 11.4 Å². The third-order valence-electron chi connectivity index (χ3n) is 6.69. The molecule has 0 bridgehead atoms. The number of aromatic nitrogens is 3. The molecule has 1 saturated heterocycles. The molecule has 3 aliphatic rings. The van der Waals surface area contributed by atoms with Crippen LogP contribution in [0.5, 0.6) is 0 Å². The molecule has 0 radical (unpaired) electrons. The van der Waals surface area contributed by atoms with E-state index in [1.54, 1.807) is 10.9 Å².